The van der Waals surface area contributed by atoms with Crippen LogP contribution in [0.2, 0.25) is 0 Å². The Bertz CT molecular complexity index is 912. The molecule has 26 heavy (non-hydrogen) atoms. The predicted molar refractivity (Wildman–Crippen MR) is 105 cm³/mol. The molecule has 0 unspecified atom stereocenters. The predicted octanol–water partition coefficient (Wildman–Crippen LogP) is 2.84. The Labute approximate surface area is 154 Å². The zero-order valence-corrected chi connectivity index (χ0v) is 15.7. The third-order valence-corrected chi connectivity index (χ3v) is 4.90. The highest BCUT2D eigenvalue weighted by Gasteiger charge is 2.26. The van der Waals surface area contributed by atoms with Crippen molar-refractivity contribution in [2.45, 2.75) is 25.8 Å². The normalized spacial score (nSPS) is 15.1. The zero-order valence-electron chi connectivity index (χ0n) is 14.9. The summed E-state index contributed by atoms with van der Waals surface area (Å²) in [5.41, 5.74) is 3.31. The van der Waals surface area contributed by atoms with Crippen molar-refractivity contribution in [2.24, 2.45) is 0 Å². The molecule has 1 aliphatic rings. The minimum Gasteiger partial charge on any atom is -0.374 e. The van der Waals surface area contributed by atoms with Crippen molar-refractivity contribution in [3.8, 4) is 0 Å². The molecule has 7 heteroatoms. The van der Waals surface area contributed by atoms with Crippen LogP contribution in [-0.2, 0) is 21.2 Å². The molecule has 6 nitrogen and oxygen atoms in total. The van der Waals surface area contributed by atoms with Crippen LogP contribution in [-0.4, -0.2) is 33.2 Å². The molecule has 0 spiro atoms. The van der Waals surface area contributed by atoms with Crippen molar-refractivity contribution in [1.82, 2.24) is 0 Å². The van der Waals surface area contributed by atoms with Gasteiger partial charge in [0.05, 0.1) is 11.9 Å². The molecule has 2 N–H and O–H groups in total. The van der Waals surface area contributed by atoms with Crippen LogP contribution < -0.4 is 14.9 Å². The molecule has 0 fully saturated rings. The van der Waals surface area contributed by atoms with E-state index in [1.54, 1.807) is 24.3 Å². The van der Waals surface area contributed by atoms with Gasteiger partial charge in [0.1, 0.15) is 6.04 Å². The number of carbonyl (C=O) groups excluding carboxylic acids is 1. The molecule has 1 aliphatic heterocycles. The number of carbonyl (C=O) groups is 1. The van der Waals surface area contributed by atoms with Crippen molar-refractivity contribution in [3.63, 3.8) is 0 Å². The zero-order chi connectivity index (χ0) is 18.7. The largest absolute Gasteiger partial charge is 0.374 e. The SMILES string of the molecule is C[C@H](Nc1cccc(NS(C)(=O)=O)c1)C(=O)N1CCCc2ccccc21. The van der Waals surface area contributed by atoms with Gasteiger partial charge >= 0.3 is 0 Å². The number of amides is 1. The average Bonchev–Trinajstić information content (AvgIpc) is 2.59. The quantitative estimate of drug-likeness (QED) is 0.845. The number of benzene rings is 2. The van der Waals surface area contributed by atoms with Gasteiger partial charge in [0, 0.05) is 17.9 Å². The Morgan fingerprint density at radius 2 is 1.85 bits per heavy atom. The third-order valence-electron chi connectivity index (χ3n) is 4.30. The van der Waals surface area contributed by atoms with Crippen LogP contribution in [0.15, 0.2) is 48.5 Å². The van der Waals surface area contributed by atoms with Crippen LogP contribution in [0.3, 0.4) is 0 Å². The number of nitrogens with zero attached hydrogens (tertiary/aromatic N) is 1. The lowest BCUT2D eigenvalue weighted by Gasteiger charge is -2.32. The average molecular weight is 373 g/mol. The monoisotopic (exact) mass is 373 g/mol. The summed E-state index contributed by atoms with van der Waals surface area (Å²) >= 11 is 0. The van der Waals surface area contributed by atoms with Gasteiger partial charge in [-0.1, -0.05) is 24.3 Å². The summed E-state index contributed by atoms with van der Waals surface area (Å²) < 4.78 is 25.2. The molecule has 1 heterocycles. The van der Waals surface area contributed by atoms with Gasteiger partial charge in [-0.25, -0.2) is 8.42 Å². The van der Waals surface area contributed by atoms with Crippen molar-refractivity contribution >= 4 is 33.0 Å². The van der Waals surface area contributed by atoms with Gasteiger partial charge in [-0.2, -0.15) is 0 Å². The van der Waals surface area contributed by atoms with Gasteiger partial charge in [-0.15, -0.1) is 0 Å². The van der Waals surface area contributed by atoms with Gasteiger partial charge in [0.15, 0.2) is 0 Å². The fourth-order valence-corrected chi connectivity index (χ4v) is 3.75. The fourth-order valence-electron chi connectivity index (χ4n) is 3.19. The lowest BCUT2D eigenvalue weighted by atomic mass is 10.0. The molecule has 1 atom stereocenters. The Morgan fingerprint density at radius 3 is 2.62 bits per heavy atom. The van der Waals surface area contributed by atoms with Gasteiger partial charge in [-0.05, 0) is 49.6 Å². The lowest BCUT2D eigenvalue weighted by Crippen LogP contribution is -2.44. The molecule has 0 bridgehead atoms. The van der Waals surface area contributed by atoms with E-state index in [1.165, 1.54) is 5.56 Å². The van der Waals surface area contributed by atoms with Crippen LogP contribution in [0, 0.1) is 0 Å². The molecular weight excluding hydrogens is 350 g/mol. The van der Waals surface area contributed by atoms with Crippen LogP contribution in [0.1, 0.15) is 18.9 Å². The maximum atomic E-state index is 12.9. The number of rotatable bonds is 5. The summed E-state index contributed by atoms with van der Waals surface area (Å²) in [6, 6.07) is 14.4. The summed E-state index contributed by atoms with van der Waals surface area (Å²) in [5, 5.41) is 3.17. The second-order valence-electron chi connectivity index (χ2n) is 6.54. The number of hydrogen-bond acceptors (Lipinski definition) is 4. The third kappa shape index (κ3) is 4.35. The van der Waals surface area contributed by atoms with E-state index in [0.29, 0.717) is 17.9 Å². The summed E-state index contributed by atoms with van der Waals surface area (Å²) in [7, 11) is -3.34. The van der Waals surface area contributed by atoms with Gasteiger partial charge in [0.25, 0.3) is 0 Å². The maximum Gasteiger partial charge on any atom is 0.249 e. The number of hydrogen-bond donors (Lipinski definition) is 2. The van der Waals surface area contributed by atoms with E-state index >= 15 is 0 Å². The van der Waals surface area contributed by atoms with E-state index in [1.807, 2.05) is 30.0 Å². The highest BCUT2D eigenvalue weighted by molar-refractivity contribution is 7.92. The first-order valence-corrected chi connectivity index (χ1v) is 10.5. The molecule has 2 aromatic carbocycles. The Kier molecular flexibility index (Phi) is 5.18. The summed E-state index contributed by atoms with van der Waals surface area (Å²) in [6.45, 7) is 2.52. The first-order chi connectivity index (χ1) is 12.3. The van der Waals surface area contributed by atoms with Gasteiger partial charge < -0.3 is 10.2 Å². The van der Waals surface area contributed by atoms with E-state index < -0.39 is 16.1 Å². The number of para-hydroxylation sites is 1. The van der Waals surface area contributed by atoms with Crippen LogP contribution in [0.25, 0.3) is 0 Å². The Morgan fingerprint density at radius 1 is 1.12 bits per heavy atom. The number of anilines is 3. The van der Waals surface area contributed by atoms with Crippen LogP contribution in [0.5, 0.6) is 0 Å². The minimum absolute atomic E-state index is 0.00127. The smallest absolute Gasteiger partial charge is 0.249 e. The molecule has 0 saturated heterocycles. The van der Waals surface area contributed by atoms with Crippen molar-refractivity contribution in [1.29, 1.82) is 0 Å². The number of aryl methyl sites for hydroxylation is 1. The lowest BCUT2D eigenvalue weighted by molar-refractivity contribution is -0.119. The van der Waals surface area contributed by atoms with E-state index in [0.717, 1.165) is 24.8 Å². The molecule has 0 aliphatic carbocycles. The summed E-state index contributed by atoms with van der Waals surface area (Å²) in [5.74, 6) is -0.00127. The topological polar surface area (TPSA) is 78.5 Å². The molecule has 0 aromatic heterocycles. The fraction of sp³-hybridized carbons (Fsp3) is 0.316. The molecular formula is C19H23N3O3S. The number of sulfonamides is 1. The van der Waals surface area contributed by atoms with E-state index in [2.05, 4.69) is 16.1 Å². The molecule has 0 radical (unpaired) electrons. The van der Waals surface area contributed by atoms with Crippen molar-refractivity contribution < 1.29 is 13.2 Å². The van der Waals surface area contributed by atoms with Gasteiger partial charge in [0.2, 0.25) is 15.9 Å². The van der Waals surface area contributed by atoms with Crippen LogP contribution >= 0.6 is 0 Å². The van der Waals surface area contributed by atoms with E-state index in [4.69, 9.17) is 0 Å². The van der Waals surface area contributed by atoms with Crippen LogP contribution in [0.4, 0.5) is 17.1 Å². The summed E-state index contributed by atoms with van der Waals surface area (Å²) in [4.78, 5) is 14.8. The molecule has 2 aromatic rings. The molecule has 1 amide bonds. The molecule has 138 valence electrons. The maximum absolute atomic E-state index is 12.9. The Balaban J connectivity index is 1.74. The highest BCUT2D eigenvalue weighted by atomic mass is 32.2. The molecule has 0 saturated carbocycles. The van der Waals surface area contributed by atoms with E-state index in [9.17, 15) is 13.2 Å². The van der Waals surface area contributed by atoms with Crippen molar-refractivity contribution in [2.75, 3.05) is 27.7 Å². The number of fused-ring (bicyclic) bond motifs is 1. The first kappa shape index (κ1) is 18.3. The van der Waals surface area contributed by atoms with E-state index in [-0.39, 0.29) is 5.91 Å². The number of nitrogens with one attached hydrogen (secondary N) is 2. The highest BCUT2D eigenvalue weighted by Crippen LogP contribution is 2.27. The second kappa shape index (κ2) is 7.37. The van der Waals surface area contributed by atoms with Crippen molar-refractivity contribution in [3.05, 3.63) is 54.1 Å². The molecule has 3 rings (SSSR count). The van der Waals surface area contributed by atoms with Gasteiger partial charge in [-0.3, -0.25) is 9.52 Å². The summed E-state index contributed by atoms with van der Waals surface area (Å²) in [6.07, 6.45) is 3.04. The first-order valence-electron chi connectivity index (χ1n) is 8.57. The standard InChI is InChI=1S/C19H23N3O3S/c1-14(20-16-9-5-10-17(13-16)21-26(2,24)25)19(23)22-12-6-8-15-7-3-4-11-18(15)22/h3-5,7,9-11,13-14,20-21H,6,8,12H2,1-2H3/t14-/m0/s1. The Hall–Kier alpha value is -2.54. The second-order valence-corrected chi connectivity index (χ2v) is 8.29. The minimum atomic E-state index is -3.34.